The molecule has 4 nitrogen and oxygen atoms in total. The highest BCUT2D eigenvalue weighted by molar-refractivity contribution is 8.04. The van der Waals surface area contributed by atoms with Crippen molar-refractivity contribution in [2.24, 2.45) is 4.99 Å². The van der Waals surface area contributed by atoms with E-state index in [-0.39, 0.29) is 0 Å². The van der Waals surface area contributed by atoms with Crippen molar-refractivity contribution in [1.29, 1.82) is 0 Å². The molecule has 0 radical (unpaired) electrons. The second-order valence-corrected chi connectivity index (χ2v) is 6.95. The van der Waals surface area contributed by atoms with Crippen LogP contribution < -0.4 is 4.74 Å². The van der Waals surface area contributed by atoms with Gasteiger partial charge in [0.15, 0.2) is 5.84 Å². The summed E-state index contributed by atoms with van der Waals surface area (Å²) in [6.07, 6.45) is 0. The van der Waals surface area contributed by atoms with Crippen LogP contribution >= 0.6 is 11.8 Å². The topological polar surface area (TPSA) is 28.1 Å². The van der Waals surface area contributed by atoms with Crippen molar-refractivity contribution < 1.29 is 4.74 Å². The Morgan fingerprint density at radius 2 is 1.69 bits per heavy atom. The molecule has 0 aromatic heterocycles. The Morgan fingerprint density at radius 1 is 1.00 bits per heavy atom. The number of amidine groups is 1. The Kier molecular flexibility index (Phi) is 6.59. The molecule has 134 valence electrons. The summed E-state index contributed by atoms with van der Waals surface area (Å²) in [5, 5.41) is 3.21. The monoisotopic (exact) mass is 365 g/mol. The van der Waals surface area contributed by atoms with E-state index in [2.05, 4.69) is 40.2 Å². The number of piperazine rings is 1. The molecule has 0 bridgehead atoms. The van der Waals surface area contributed by atoms with Gasteiger partial charge in [-0.25, -0.2) is 4.99 Å². The largest absolute Gasteiger partial charge is 0.497 e. The predicted molar refractivity (Wildman–Crippen MR) is 109 cm³/mol. The molecule has 26 heavy (non-hydrogen) atoms. The third-order valence-electron chi connectivity index (χ3n) is 4.19. The molecular formula is C21H23N3OS. The number of likely N-dealkylation sites (N-methyl/N-ethyl adjacent to an activating group) is 1. The molecule has 0 atom stereocenters. The maximum Gasteiger partial charge on any atom is 0.182 e. The third-order valence-corrected chi connectivity index (χ3v) is 4.90. The van der Waals surface area contributed by atoms with Crippen LogP contribution in [0.2, 0.25) is 0 Å². The maximum absolute atomic E-state index is 5.22. The molecule has 5 heteroatoms. The minimum Gasteiger partial charge on any atom is -0.497 e. The van der Waals surface area contributed by atoms with E-state index in [9.17, 15) is 0 Å². The standard InChI is InChI=1S/C21H23N3OS/c1-23-13-15-24(16-14-23)21(12-17-26-20-6-4-3-5-7-20)22-18-8-10-19(25-2)11-9-18/h3-11H,13-16H2,1-2H3. The van der Waals surface area contributed by atoms with Crippen molar-refractivity contribution in [3.63, 3.8) is 0 Å². The highest BCUT2D eigenvalue weighted by Gasteiger charge is 2.16. The highest BCUT2D eigenvalue weighted by Crippen LogP contribution is 2.19. The summed E-state index contributed by atoms with van der Waals surface area (Å²) < 4.78 is 5.22. The van der Waals surface area contributed by atoms with Gasteiger partial charge in [-0.2, -0.15) is 0 Å². The minimum absolute atomic E-state index is 0.826. The average molecular weight is 366 g/mol. The smallest absolute Gasteiger partial charge is 0.182 e. The summed E-state index contributed by atoms with van der Waals surface area (Å²) in [4.78, 5) is 10.5. The average Bonchev–Trinajstić information content (AvgIpc) is 2.69. The van der Waals surface area contributed by atoms with Gasteiger partial charge in [0.25, 0.3) is 0 Å². The molecule has 0 amide bonds. The first-order valence-electron chi connectivity index (χ1n) is 8.64. The highest BCUT2D eigenvalue weighted by atomic mass is 32.2. The SMILES string of the molecule is COc1ccc(N=C(C#CSc2ccccc2)N2CCN(C)CC2)cc1. The van der Waals surface area contributed by atoms with Crippen LogP contribution in [0.3, 0.4) is 0 Å². The molecular weight excluding hydrogens is 342 g/mol. The van der Waals surface area contributed by atoms with Crippen molar-refractivity contribution in [1.82, 2.24) is 9.80 Å². The lowest BCUT2D eigenvalue weighted by Crippen LogP contribution is -2.46. The number of ether oxygens (including phenoxy) is 1. The number of rotatable bonds is 3. The molecule has 1 heterocycles. The molecule has 0 saturated carbocycles. The van der Waals surface area contributed by atoms with Crippen LogP contribution in [0.4, 0.5) is 5.69 Å². The zero-order valence-electron chi connectivity index (χ0n) is 15.2. The zero-order chi connectivity index (χ0) is 18.2. The quantitative estimate of drug-likeness (QED) is 0.359. The Labute approximate surface area is 159 Å². The molecule has 2 aromatic carbocycles. The van der Waals surface area contributed by atoms with Crippen molar-refractivity contribution in [3.05, 3.63) is 54.6 Å². The van der Waals surface area contributed by atoms with E-state index in [0.29, 0.717) is 0 Å². The number of hydrogen-bond acceptors (Lipinski definition) is 4. The Hall–Kier alpha value is -2.42. The van der Waals surface area contributed by atoms with Gasteiger partial charge in [0.1, 0.15) is 5.75 Å². The van der Waals surface area contributed by atoms with Crippen LogP contribution in [0, 0.1) is 11.2 Å². The van der Waals surface area contributed by atoms with Crippen LogP contribution in [-0.4, -0.2) is 56.0 Å². The van der Waals surface area contributed by atoms with Crippen LogP contribution in [-0.2, 0) is 0 Å². The van der Waals surface area contributed by atoms with E-state index in [0.717, 1.165) is 48.3 Å². The number of thioether (sulfide) groups is 1. The lowest BCUT2D eigenvalue weighted by molar-refractivity contribution is 0.216. The molecule has 1 fully saturated rings. The molecule has 0 aliphatic carbocycles. The van der Waals surface area contributed by atoms with Gasteiger partial charge in [-0.05, 0) is 66.4 Å². The molecule has 2 aromatic rings. The van der Waals surface area contributed by atoms with Gasteiger partial charge >= 0.3 is 0 Å². The third kappa shape index (κ3) is 5.29. The normalized spacial score (nSPS) is 15.3. The van der Waals surface area contributed by atoms with Crippen LogP contribution in [0.5, 0.6) is 5.75 Å². The summed E-state index contributed by atoms with van der Waals surface area (Å²) in [7, 11) is 3.81. The van der Waals surface area contributed by atoms with E-state index in [1.807, 2.05) is 42.5 Å². The van der Waals surface area contributed by atoms with Crippen molar-refractivity contribution in [2.45, 2.75) is 4.90 Å². The van der Waals surface area contributed by atoms with Gasteiger partial charge in [0.2, 0.25) is 0 Å². The fourth-order valence-electron chi connectivity index (χ4n) is 2.59. The summed E-state index contributed by atoms with van der Waals surface area (Å²) >= 11 is 1.53. The van der Waals surface area contributed by atoms with Crippen molar-refractivity contribution >= 4 is 23.3 Å². The van der Waals surface area contributed by atoms with Crippen LogP contribution in [0.15, 0.2) is 64.5 Å². The van der Waals surface area contributed by atoms with Crippen molar-refractivity contribution in [2.75, 3.05) is 40.3 Å². The van der Waals surface area contributed by atoms with Gasteiger partial charge in [-0.3, -0.25) is 0 Å². The molecule has 0 N–H and O–H groups in total. The first kappa shape index (κ1) is 18.4. The number of methoxy groups -OCH3 is 1. The van der Waals surface area contributed by atoms with E-state index >= 15 is 0 Å². The van der Waals surface area contributed by atoms with Gasteiger partial charge < -0.3 is 14.5 Å². The fourth-order valence-corrected chi connectivity index (χ4v) is 3.15. The molecule has 0 spiro atoms. The van der Waals surface area contributed by atoms with Crippen LogP contribution in [0.25, 0.3) is 0 Å². The van der Waals surface area contributed by atoms with E-state index in [1.165, 1.54) is 11.8 Å². The first-order valence-corrected chi connectivity index (χ1v) is 9.45. The lowest BCUT2D eigenvalue weighted by Gasteiger charge is -2.32. The Morgan fingerprint density at radius 3 is 2.35 bits per heavy atom. The minimum atomic E-state index is 0.826. The Bertz CT molecular complexity index is 786. The summed E-state index contributed by atoms with van der Waals surface area (Å²) in [5.41, 5.74) is 0.888. The number of nitrogens with zero attached hydrogens (tertiary/aromatic N) is 3. The van der Waals surface area contributed by atoms with Gasteiger partial charge in [-0.1, -0.05) is 18.2 Å². The number of benzene rings is 2. The summed E-state index contributed by atoms with van der Waals surface area (Å²) in [6, 6.07) is 18.0. The molecule has 3 rings (SSSR count). The molecule has 0 unspecified atom stereocenters. The van der Waals surface area contributed by atoms with Crippen molar-refractivity contribution in [3.8, 4) is 16.9 Å². The van der Waals surface area contributed by atoms with E-state index in [4.69, 9.17) is 9.73 Å². The molecule has 1 saturated heterocycles. The maximum atomic E-state index is 5.22. The second kappa shape index (κ2) is 9.33. The summed E-state index contributed by atoms with van der Waals surface area (Å²) in [5.74, 6) is 4.92. The Balaban J connectivity index is 1.80. The van der Waals surface area contributed by atoms with E-state index in [1.54, 1.807) is 7.11 Å². The lowest BCUT2D eigenvalue weighted by atomic mass is 10.3. The fraction of sp³-hybridized carbons (Fsp3) is 0.286. The second-order valence-electron chi connectivity index (χ2n) is 6.07. The predicted octanol–water partition coefficient (Wildman–Crippen LogP) is 3.73. The molecule has 1 aliphatic heterocycles. The zero-order valence-corrected chi connectivity index (χ0v) is 16.0. The summed E-state index contributed by atoms with van der Waals surface area (Å²) in [6.45, 7) is 3.93. The number of aliphatic imine (C=N–C) groups is 1. The van der Waals surface area contributed by atoms with E-state index < -0.39 is 0 Å². The number of hydrogen-bond donors (Lipinski definition) is 0. The van der Waals surface area contributed by atoms with Crippen LogP contribution in [0.1, 0.15) is 0 Å². The molecule has 1 aliphatic rings. The van der Waals surface area contributed by atoms with Gasteiger partial charge in [-0.15, -0.1) is 0 Å². The van der Waals surface area contributed by atoms with Gasteiger partial charge in [0, 0.05) is 31.1 Å². The first-order chi connectivity index (χ1) is 12.7. The van der Waals surface area contributed by atoms with Gasteiger partial charge in [0.05, 0.1) is 12.8 Å².